The lowest BCUT2D eigenvalue weighted by molar-refractivity contribution is -0.123. The first-order chi connectivity index (χ1) is 12.9. The summed E-state index contributed by atoms with van der Waals surface area (Å²) in [5, 5.41) is -0.255. The highest BCUT2D eigenvalue weighted by atomic mass is 79.9. The van der Waals surface area contributed by atoms with Crippen molar-refractivity contribution in [1.29, 1.82) is 0 Å². The summed E-state index contributed by atoms with van der Waals surface area (Å²) >= 11 is 4.35. The zero-order chi connectivity index (χ0) is 19.4. The maximum absolute atomic E-state index is 12.7. The van der Waals surface area contributed by atoms with Crippen LogP contribution in [0.5, 0.6) is 5.75 Å². The fourth-order valence-electron chi connectivity index (χ4n) is 2.54. The summed E-state index contributed by atoms with van der Waals surface area (Å²) in [7, 11) is 0. The van der Waals surface area contributed by atoms with Crippen molar-refractivity contribution in [1.82, 2.24) is 4.90 Å². The molecular formula is C21H20BrNO3S. The van der Waals surface area contributed by atoms with Gasteiger partial charge in [0.25, 0.3) is 11.1 Å². The molecule has 0 aromatic heterocycles. The average molecular weight is 446 g/mol. The molecule has 0 spiro atoms. The van der Waals surface area contributed by atoms with Crippen LogP contribution < -0.4 is 4.74 Å². The Hall–Kier alpha value is -2.05. The molecule has 0 N–H and O–H groups in total. The van der Waals surface area contributed by atoms with Gasteiger partial charge < -0.3 is 4.74 Å². The molecule has 0 atom stereocenters. The third-order valence-corrected chi connectivity index (χ3v) is 5.34. The molecule has 1 saturated heterocycles. The van der Waals surface area contributed by atoms with Crippen LogP contribution in [-0.2, 0) is 11.3 Å². The molecule has 27 heavy (non-hydrogen) atoms. The molecular weight excluding hydrogens is 426 g/mol. The maximum atomic E-state index is 12.7. The van der Waals surface area contributed by atoms with E-state index in [0.29, 0.717) is 23.2 Å². The fraction of sp³-hybridized carbons (Fsp3) is 0.238. The molecule has 1 aliphatic rings. The lowest BCUT2D eigenvalue weighted by atomic mass is 10.1. The molecule has 0 saturated carbocycles. The van der Waals surface area contributed by atoms with Crippen LogP contribution >= 0.6 is 27.7 Å². The van der Waals surface area contributed by atoms with Gasteiger partial charge in [-0.05, 0) is 47.5 Å². The van der Waals surface area contributed by atoms with E-state index in [2.05, 4.69) is 29.8 Å². The van der Waals surface area contributed by atoms with Crippen LogP contribution in [0, 0.1) is 5.92 Å². The minimum absolute atomic E-state index is 0.255. The Labute approximate surface area is 171 Å². The van der Waals surface area contributed by atoms with E-state index in [0.717, 1.165) is 27.4 Å². The van der Waals surface area contributed by atoms with Crippen LogP contribution in [0.25, 0.3) is 6.08 Å². The standard InChI is InChI=1S/C21H20BrNO3S/c1-14(2)13-26-18-6-4-3-5-16(18)11-19-20(24)23(21(25)27-19)12-15-7-9-17(22)10-8-15/h3-11,14H,12-13H2,1-2H3/b19-11+. The Morgan fingerprint density at radius 3 is 2.52 bits per heavy atom. The minimum Gasteiger partial charge on any atom is -0.493 e. The Morgan fingerprint density at radius 1 is 1.11 bits per heavy atom. The van der Waals surface area contributed by atoms with Gasteiger partial charge in [-0.25, -0.2) is 0 Å². The first-order valence-electron chi connectivity index (χ1n) is 8.65. The predicted octanol–water partition coefficient (Wildman–Crippen LogP) is 5.72. The summed E-state index contributed by atoms with van der Waals surface area (Å²) in [4.78, 5) is 26.8. The number of hydrogen-bond acceptors (Lipinski definition) is 4. The smallest absolute Gasteiger partial charge is 0.293 e. The molecule has 0 bridgehead atoms. The van der Waals surface area contributed by atoms with Crippen LogP contribution in [0.1, 0.15) is 25.0 Å². The summed E-state index contributed by atoms with van der Waals surface area (Å²) in [6, 6.07) is 15.1. The molecule has 2 aromatic rings. The first-order valence-corrected chi connectivity index (χ1v) is 10.3. The quantitative estimate of drug-likeness (QED) is 0.533. The number of para-hydroxylation sites is 1. The predicted molar refractivity (Wildman–Crippen MR) is 112 cm³/mol. The average Bonchev–Trinajstić information content (AvgIpc) is 2.90. The van der Waals surface area contributed by atoms with Gasteiger partial charge in [-0.3, -0.25) is 14.5 Å². The second kappa shape index (κ2) is 8.76. The van der Waals surface area contributed by atoms with Gasteiger partial charge in [-0.15, -0.1) is 0 Å². The van der Waals surface area contributed by atoms with Gasteiger partial charge in [0.05, 0.1) is 18.1 Å². The molecule has 2 aromatic carbocycles. The molecule has 3 rings (SSSR count). The molecule has 6 heteroatoms. The van der Waals surface area contributed by atoms with Crippen molar-refractivity contribution < 1.29 is 14.3 Å². The number of thioether (sulfide) groups is 1. The van der Waals surface area contributed by atoms with E-state index in [1.54, 1.807) is 6.08 Å². The molecule has 1 aliphatic heterocycles. The first kappa shape index (κ1) is 19.7. The Kier molecular flexibility index (Phi) is 6.39. The number of hydrogen-bond donors (Lipinski definition) is 0. The van der Waals surface area contributed by atoms with Crippen molar-refractivity contribution in [3.05, 3.63) is 69.0 Å². The van der Waals surface area contributed by atoms with E-state index < -0.39 is 0 Å². The normalized spacial score (nSPS) is 15.9. The summed E-state index contributed by atoms with van der Waals surface area (Å²) in [6.07, 6.45) is 1.74. The number of nitrogens with zero attached hydrogens (tertiary/aromatic N) is 1. The van der Waals surface area contributed by atoms with Crippen LogP contribution in [0.4, 0.5) is 4.79 Å². The van der Waals surface area contributed by atoms with E-state index in [4.69, 9.17) is 4.74 Å². The van der Waals surface area contributed by atoms with Crippen molar-refractivity contribution in [2.24, 2.45) is 5.92 Å². The second-order valence-corrected chi connectivity index (χ2v) is 8.55. The van der Waals surface area contributed by atoms with Crippen LogP contribution in [0.15, 0.2) is 57.9 Å². The van der Waals surface area contributed by atoms with Gasteiger partial charge >= 0.3 is 0 Å². The highest BCUT2D eigenvalue weighted by Gasteiger charge is 2.35. The van der Waals surface area contributed by atoms with Crippen molar-refractivity contribution in [3.63, 3.8) is 0 Å². The number of halogens is 1. The van der Waals surface area contributed by atoms with Crippen molar-refractivity contribution in [3.8, 4) is 5.75 Å². The zero-order valence-corrected chi connectivity index (χ0v) is 17.5. The number of imide groups is 1. The molecule has 0 aliphatic carbocycles. The molecule has 140 valence electrons. The highest BCUT2D eigenvalue weighted by molar-refractivity contribution is 9.10. The van der Waals surface area contributed by atoms with Crippen LogP contribution in [0.3, 0.4) is 0 Å². The monoisotopic (exact) mass is 445 g/mol. The Bertz CT molecular complexity index is 877. The number of carbonyl (C=O) groups is 2. The van der Waals surface area contributed by atoms with Gasteiger partial charge in [0, 0.05) is 10.0 Å². The van der Waals surface area contributed by atoms with Crippen LogP contribution in [0.2, 0.25) is 0 Å². The van der Waals surface area contributed by atoms with Crippen LogP contribution in [-0.4, -0.2) is 22.7 Å². The van der Waals surface area contributed by atoms with Gasteiger partial charge in [-0.1, -0.05) is 60.1 Å². The van der Waals surface area contributed by atoms with Gasteiger partial charge in [-0.2, -0.15) is 0 Å². The van der Waals surface area contributed by atoms with Gasteiger partial charge in [0.1, 0.15) is 5.75 Å². The SMILES string of the molecule is CC(C)COc1ccccc1/C=C1/SC(=O)N(Cc2ccc(Br)cc2)C1=O. The molecule has 1 heterocycles. The summed E-state index contributed by atoms with van der Waals surface area (Å²) in [5.74, 6) is 0.841. The third kappa shape index (κ3) is 5.02. The molecule has 2 amide bonds. The topological polar surface area (TPSA) is 46.6 Å². The third-order valence-electron chi connectivity index (χ3n) is 3.91. The molecule has 1 fully saturated rings. The van der Waals surface area contributed by atoms with E-state index in [-0.39, 0.29) is 17.7 Å². The largest absolute Gasteiger partial charge is 0.493 e. The van der Waals surface area contributed by atoms with E-state index >= 15 is 0 Å². The number of amides is 2. The molecule has 0 unspecified atom stereocenters. The lowest BCUT2D eigenvalue weighted by Crippen LogP contribution is -2.27. The summed E-state index contributed by atoms with van der Waals surface area (Å²) in [5.41, 5.74) is 1.70. The summed E-state index contributed by atoms with van der Waals surface area (Å²) < 4.78 is 6.79. The van der Waals surface area contributed by atoms with E-state index in [1.807, 2.05) is 48.5 Å². The molecule has 0 radical (unpaired) electrons. The number of rotatable bonds is 6. The van der Waals surface area contributed by atoms with Crippen molar-refractivity contribution in [2.75, 3.05) is 6.61 Å². The number of ether oxygens (including phenoxy) is 1. The zero-order valence-electron chi connectivity index (χ0n) is 15.1. The van der Waals surface area contributed by atoms with E-state index in [9.17, 15) is 9.59 Å². The minimum atomic E-state index is -0.272. The van der Waals surface area contributed by atoms with Crippen molar-refractivity contribution >= 4 is 44.9 Å². The Balaban J connectivity index is 1.79. The second-order valence-electron chi connectivity index (χ2n) is 6.64. The van der Waals surface area contributed by atoms with E-state index in [1.165, 1.54) is 4.90 Å². The summed E-state index contributed by atoms with van der Waals surface area (Å²) in [6.45, 7) is 5.02. The Morgan fingerprint density at radius 2 is 1.81 bits per heavy atom. The van der Waals surface area contributed by atoms with Gasteiger partial charge in [0.2, 0.25) is 0 Å². The maximum Gasteiger partial charge on any atom is 0.293 e. The fourth-order valence-corrected chi connectivity index (χ4v) is 3.63. The number of carbonyl (C=O) groups excluding carboxylic acids is 2. The highest BCUT2D eigenvalue weighted by Crippen LogP contribution is 2.35. The lowest BCUT2D eigenvalue weighted by Gasteiger charge is -2.13. The van der Waals surface area contributed by atoms with Gasteiger partial charge in [0.15, 0.2) is 0 Å². The number of benzene rings is 2. The van der Waals surface area contributed by atoms with Crippen molar-refractivity contribution in [2.45, 2.75) is 20.4 Å². The molecule has 4 nitrogen and oxygen atoms in total.